The molecule has 2 aromatic rings. The maximum absolute atomic E-state index is 8.87. The summed E-state index contributed by atoms with van der Waals surface area (Å²) in [6, 6.07) is 7.69. The third-order valence-corrected chi connectivity index (χ3v) is 2.17. The van der Waals surface area contributed by atoms with E-state index >= 15 is 0 Å². The number of nitrogens with zero attached hydrogens (tertiary/aromatic N) is 1. The predicted octanol–water partition coefficient (Wildman–Crippen LogP) is 1.51. The fraction of sp³-hybridized carbons (Fsp3) is 0.182. The van der Waals surface area contributed by atoms with Crippen molar-refractivity contribution in [3.8, 4) is 0 Å². The lowest BCUT2D eigenvalue weighted by atomic mass is 10.2. The fourth-order valence-electron chi connectivity index (χ4n) is 1.31. The quantitative estimate of drug-likeness (QED) is 0.706. The second-order valence-corrected chi connectivity index (χ2v) is 3.29. The molecule has 0 spiro atoms. The van der Waals surface area contributed by atoms with E-state index in [4.69, 9.17) is 5.11 Å². The second kappa shape index (κ2) is 4.61. The van der Waals surface area contributed by atoms with Crippen molar-refractivity contribution in [1.29, 1.82) is 0 Å². The van der Waals surface area contributed by atoms with Gasteiger partial charge in [-0.25, -0.2) is 4.98 Å². The number of anilines is 1. The van der Waals surface area contributed by atoms with Gasteiger partial charge < -0.3 is 15.4 Å². The summed E-state index contributed by atoms with van der Waals surface area (Å²) in [5, 5.41) is 12.1. The lowest BCUT2D eigenvalue weighted by molar-refractivity contribution is 0.282. The van der Waals surface area contributed by atoms with Crippen molar-refractivity contribution < 1.29 is 5.11 Å². The lowest BCUT2D eigenvalue weighted by Crippen LogP contribution is -1.99. The minimum atomic E-state index is 0.0842. The third kappa shape index (κ3) is 2.57. The molecule has 0 radical (unpaired) electrons. The molecule has 4 nitrogen and oxygen atoms in total. The van der Waals surface area contributed by atoms with Crippen molar-refractivity contribution in [2.75, 3.05) is 5.32 Å². The van der Waals surface area contributed by atoms with E-state index in [0.717, 1.165) is 23.5 Å². The Morgan fingerprint density at radius 1 is 1.27 bits per heavy atom. The average molecular weight is 203 g/mol. The summed E-state index contributed by atoms with van der Waals surface area (Å²) in [4.78, 5) is 6.95. The number of imidazole rings is 1. The third-order valence-electron chi connectivity index (χ3n) is 2.17. The fourth-order valence-corrected chi connectivity index (χ4v) is 1.31. The van der Waals surface area contributed by atoms with Crippen LogP contribution in [0.4, 0.5) is 5.69 Å². The van der Waals surface area contributed by atoms with Gasteiger partial charge in [-0.2, -0.15) is 0 Å². The van der Waals surface area contributed by atoms with Crippen LogP contribution in [0.2, 0.25) is 0 Å². The molecule has 0 saturated heterocycles. The molecule has 1 aromatic heterocycles. The molecule has 0 aliphatic carbocycles. The zero-order valence-electron chi connectivity index (χ0n) is 8.27. The highest BCUT2D eigenvalue weighted by atomic mass is 16.3. The van der Waals surface area contributed by atoms with E-state index in [2.05, 4.69) is 15.3 Å². The molecule has 0 bridgehead atoms. The number of hydrogen-bond donors (Lipinski definition) is 3. The number of nitrogens with one attached hydrogen (secondary N) is 2. The van der Waals surface area contributed by atoms with Crippen LogP contribution in [0.25, 0.3) is 0 Å². The van der Waals surface area contributed by atoms with Gasteiger partial charge in [-0.3, -0.25) is 0 Å². The summed E-state index contributed by atoms with van der Waals surface area (Å²) in [7, 11) is 0. The lowest BCUT2D eigenvalue weighted by Gasteiger charge is -2.05. The topological polar surface area (TPSA) is 60.9 Å². The molecule has 3 N–H and O–H groups in total. The van der Waals surface area contributed by atoms with Crippen LogP contribution in [-0.2, 0) is 13.2 Å². The Labute approximate surface area is 88.0 Å². The Kier molecular flexibility index (Phi) is 2.99. The smallest absolute Gasteiger partial charge is 0.0922 e. The summed E-state index contributed by atoms with van der Waals surface area (Å²) in [6.07, 6.45) is 3.45. The van der Waals surface area contributed by atoms with Crippen molar-refractivity contribution in [2.45, 2.75) is 13.2 Å². The van der Waals surface area contributed by atoms with Crippen LogP contribution in [0.1, 0.15) is 11.3 Å². The van der Waals surface area contributed by atoms with E-state index in [-0.39, 0.29) is 6.61 Å². The molecular weight excluding hydrogens is 190 g/mol. The molecule has 78 valence electrons. The van der Waals surface area contributed by atoms with Crippen LogP contribution < -0.4 is 5.32 Å². The molecule has 0 saturated carbocycles. The first-order valence-electron chi connectivity index (χ1n) is 4.79. The average Bonchev–Trinajstić information content (AvgIpc) is 2.80. The van der Waals surface area contributed by atoms with E-state index < -0.39 is 0 Å². The van der Waals surface area contributed by atoms with Crippen LogP contribution in [0.5, 0.6) is 0 Å². The first-order valence-corrected chi connectivity index (χ1v) is 4.79. The highest BCUT2D eigenvalue weighted by molar-refractivity contribution is 5.44. The summed E-state index contributed by atoms with van der Waals surface area (Å²) in [5.41, 5.74) is 2.99. The molecular formula is C11H13N3O. The molecule has 0 aliphatic heterocycles. The van der Waals surface area contributed by atoms with Gasteiger partial charge in [0.15, 0.2) is 0 Å². The molecule has 15 heavy (non-hydrogen) atoms. The number of benzene rings is 1. The van der Waals surface area contributed by atoms with E-state index in [1.54, 1.807) is 12.5 Å². The predicted molar refractivity (Wildman–Crippen MR) is 58.3 cm³/mol. The number of aliphatic hydroxyl groups is 1. The Hall–Kier alpha value is -1.81. The van der Waals surface area contributed by atoms with Crippen LogP contribution in [0.15, 0.2) is 36.8 Å². The molecule has 1 heterocycles. The van der Waals surface area contributed by atoms with Crippen LogP contribution in [0, 0.1) is 0 Å². The summed E-state index contributed by atoms with van der Waals surface area (Å²) in [6.45, 7) is 0.805. The highest BCUT2D eigenvalue weighted by Gasteiger charge is 1.95. The highest BCUT2D eigenvalue weighted by Crippen LogP contribution is 2.10. The largest absolute Gasteiger partial charge is 0.392 e. The van der Waals surface area contributed by atoms with Gasteiger partial charge in [0, 0.05) is 11.9 Å². The molecule has 1 aromatic carbocycles. The number of aromatic nitrogens is 2. The minimum Gasteiger partial charge on any atom is -0.392 e. The SMILES string of the molecule is OCc1ccc(NCc2cnc[nH]2)cc1. The van der Waals surface area contributed by atoms with Gasteiger partial charge in [-0.05, 0) is 17.7 Å². The van der Waals surface area contributed by atoms with Crippen LogP contribution in [0.3, 0.4) is 0 Å². The minimum absolute atomic E-state index is 0.0842. The molecule has 0 aliphatic rings. The first kappa shape index (κ1) is 9.73. The Bertz CT molecular complexity index is 394. The first-order chi connectivity index (χ1) is 7.38. The molecule has 4 heteroatoms. The maximum Gasteiger partial charge on any atom is 0.0922 e. The van der Waals surface area contributed by atoms with E-state index in [9.17, 15) is 0 Å². The van der Waals surface area contributed by atoms with Gasteiger partial charge in [0.2, 0.25) is 0 Å². The normalized spacial score (nSPS) is 10.2. The van der Waals surface area contributed by atoms with Crippen molar-refractivity contribution in [3.63, 3.8) is 0 Å². The molecule has 2 rings (SSSR count). The van der Waals surface area contributed by atoms with Crippen molar-refractivity contribution in [1.82, 2.24) is 9.97 Å². The van der Waals surface area contributed by atoms with E-state index in [1.807, 2.05) is 24.3 Å². The summed E-state index contributed by atoms with van der Waals surface area (Å²) in [5.74, 6) is 0. The number of aromatic amines is 1. The molecule has 0 unspecified atom stereocenters. The van der Waals surface area contributed by atoms with Gasteiger partial charge in [-0.15, -0.1) is 0 Å². The Balaban J connectivity index is 1.93. The summed E-state index contributed by atoms with van der Waals surface area (Å²) < 4.78 is 0. The van der Waals surface area contributed by atoms with Gasteiger partial charge in [0.1, 0.15) is 0 Å². The van der Waals surface area contributed by atoms with E-state index in [1.165, 1.54) is 0 Å². The molecule has 0 amide bonds. The van der Waals surface area contributed by atoms with Crippen molar-refractivity contribution in [3.05, 3.63) is 48.0 Å². The van der Waals surface area contributed by atoms with E-state index in [0.29, 0.717) is 0 Å². The maximum atomic E-state index is 8.87. The molecule has 0 atom stereocenters. The molecule has 0 fully saturated rings. The zero-order valence-corrected chi connectivity index (χ0v) is 8.27. The van der Waals surface area contributed by atoms with Gasteiger partial charge in [0.25, 0.3) is 0 Å². The zero-order chi connectivity index (χ0) is 10.5. The Morgan fingerprint density at radius 3 is 2.67 bits per heavy atom. The van der Waals surface area contributed by atoms with Crippen molar-refractivity contribution in [2.24, 2.45) is 0 Å². The van der Waals surface area contributed by atoms with Crippen LogP contribution >= 0.6 is 0 Å². The van der Waals surface area contributed by atoms with Gasteiger partial charge in [0.05, 0.1) is 25.2 Å². The number of H-pyrrole nitrogens is 1. The second-order valence-electron chi connectivity index (χ2n) is 3.29. The number of rotatable bonds is 4. The van der Waals surface area contributed by atoms with Gasteiger partial charge >= 0.3 is 0 Å². The monoisotopic (exact) mass is 203 g/mol. The number of hydrogen-bond acceptors (Lipinski definition) is 3. The van der Waals surface area contributed by atoms with Crippen molar-refractivity contribution >= 4 is 5.69 Å². The standard InChI is InChI=1S/C11H13N3O/c15-7-9-1-3-10(4-2-9)13-6-11-5-12-8-14-11/h1-5,8,13,15H,6-7H2,(H,12,14). The summed E-state index contributed by atoms with van der Waals surface area (Å²) >= 11 is 0. The van der Waals surface area contributed by atoms with Crippen LogP contribution in [-0.4, -0.2) is 15.1 Å². The Morgan fingerprint density at radius 2 is 2.07 bits per heavy atom. The number of aliphatic hydroxyl groups excluding tert-OH is 1. The van der Waals surface area contributed by atoms with Gasteiger partial charge in [-0.1, -0.05) is 12.1 Å².